The minimum atomic E-state index is -0.837. The van der Waals surface area contributed by atoms with Gasteiger partial charge in [-0.3, -0.25) is 9.59 Å². The van der Waals surface area contributed by atoms with E-state index >= 15 is 0 Å². The Balaban J connectivity index is 1.94. The molecular weight excluding hydrogens is 388 g/mol. The lowest BCUT2D eigenvalue weighted by molar-refractivity contribution is 0.0518. The Morgan fingerprint density at radius 3 is 2.43 bits per heavy atom. The van der Waals surface area contributed by atoms with Crippen LogP contribution in [0.25, 0.3) is 0 Å². The second-order valence-corrected chi connectivity index (χ2v) is 6.88. The van der Waals surface area contributed by atoms with Crippen LogP contribution in [0.2, 0.25) is 0 Å². The van der Waals surface area contributed by atoms with Gasteiger partial charge in [0, 0.05) is 11.3 Å². The first-order chi connectivity index (χ1) is 14.3. The second kappa shape index (κ2) is 8.86. The molecule has 3 aromatic rings. The summed E-state index contributed by atoms with van der Waals surface area (Å²) in [5.41, 5.74) is 1.63. The summed E-state index contributed by atoms with van der Waals surface area (Å²) in [6, 6.07) is 5.75. The van der Waals surface area contributed by atoms with E-state index in [0.717, 1.165) is 0 Å². The minimum absolute atomic E-state index is 0.0900. The van der Waals surface area contributed by atoms with Crippen molar-refractivity contribution in [1.29, 1.82) is 0 Å². The van der Waals surface area contributed by atoms with E-state index in [1.54, 1.807) is 52.0 Å². The monoisotopic (exact) mass is 412 g/mol. The average molecular weight is 412 g/mol. The van der Waals surface area contributed by atoms with Crippen molar-refractivity contribution in [3.8, 4) is 0 Å². The quantitative estimate of drug-likeness (QED) is 0.444. The van der Waals surface area contributed by atoms with E-state index in [-0.39, 0.29) is 30.4 Å². The molecule has 3 rings (SSSR count). The summed E-state index contributed by atoms with van der Waals surface area (Å²) in [6.45, 7) is 7.06. The molecule has 1 N–H and O–H groups in total. The van der Waals surface area contributed by atoms with Crippen LogP contribution in [0.1, 0.15) is 62.3 Å². The number of hydrogen-bond acceptors (Lipinski definition) is 6. The van der Waals surface area contributed by atoms with Gasteiger partial charge in [0.25, 0.3) is 5.91 Å². The van der Waals surface area contributed by atoms with E-state index in [9.17, 15) is 14.4 Å². The van der Waals surface area contributed by atoms with Gasteiger partial charge in [-0.25, -0.2) is 4.79 Å². The van der Waals surface area contributed by atoms with Gasteiger partial charge in [0.2, 0.25) is 0 Å². The molecule has 0 saturated heterocycles. The number of rotatable bonds is 8. The first-order valence-electron chi connectivity index (χ1n) is 9.62. The molecule has 3 heterocycles. The van der Waals surface area contributed by atoms with Crippen LogP contribution in [0, 0.1) is 13.8 Å². The third kappa shape index (κ3) is 4.07. The van der Waals surface area contributed by atoms with Crippen molar-refractivity contribution >= 4 is 17.7 Å². The van der Waals surface area contributed by atoms with Crippen LogP contribution in [-0.2, 0) is 11.3 Å². The first-order valence-corrected chi connectivity index (χ1v) is 9.62. The van der Waals surface area contributed by atoms with E-state index in [4.69, 9.17) is 13.6 Å². The Kier molecular flexibility index (Phi) is 6.25. The maximum atomic E-state index is 13.4. The number of nitrogens with zero attached hydrogens (tertiary/aromatic N) is 1. The van der Waals surface area contributed by atoms with Crippen LogP contribution < -0.4 is 0 Å². The number of furan rings is 2. The maximum absolute atomic E-state index is 13.4. The molecule has 0 aromatic carbocycles. The molecule has 0 bridgehead atoms. The van der Waals surface area contributed by atoms with Crippen molar-refractivity contribution in [3.05, 3.63) is 70.8 Å². The molecule has 0 fully saturated rings. The van der Waals surface area contributed by atoms with Crippen molar-refractivity contribution in [2.75, 3.05) is 6.61 Å². The topological polar surface area (TPSA) is 106 Å². The number of carbonyl (C=O) groups is 3. The number of nitrogens with one attached hydrogen (secondary N) is 1. The predicted octanol–water partition coefficient (Wildman–Crippen LogP) is 3.91. The van der Waals surface area contributed by atoms with Gasteiger partial charge in [-0.05, 0) is 57.5 Å². The van der Waals surface area contributed by atoms with E-state index in [1.807, 2.05) is 0 Å². The van der Waals surface area contributed by atoms with Gasteiger partial charge < -0.3 is 23.5 Å². The summed E-state index contributed by atoms with van der Waals surface area (Å²) in [5.74, 6) is -0.610. The molecule has 0 aliphatic carbocycles. The lowest BCUT2D eigenvalue weighted by Crippen LogP contribution is -2.43. The van der Waals surface area contributed by atoms with E-state index in [2.05, 4.69) is 4.98 Å². The molecule has 8 nitrogen and oxygen atoms in total. The number of aromatic nitrogens is 1. The molecule has 1 amide bonds. The summed E-state index contributed by atoms with van der Waals surface area (Å²) in [4.78, 5) is 42.9. The van der Waals surface area contributed by atoms with Gasteiger partial charge in [-0.2, -0.15) is 0 Å². The highest BCUT2D eigenvalue weighted by Crippen LogP contribution is 2.24. The Hall–Kier alpha value is -3.55. The molecule has 1 atom stereocenters. The number of esters is 1. The Bertz CT molecular complexity index is 1030. The fourth-order valence-electron chi connectivity index (χ4n) is 3.37. The number of ether oxygens (including phenoxy) is 1. The third-order valence-electron chi connectivity index (χ3n) is 4.91. The summed E-state index contributed by atoms with van der Waals surface area (Å²) >= 11 is 0. The predicted molar refractivity (Wildman–Crippen MR) is 107 cm³/mol. The molecule has 0 aliphatic heterocycles. The maximum Gasteiger partial charge on any atom is 0.355 e. The minimum Gasteiger partial charge on any atom is -0.467 e. The molecule has 0 saturated carbocycles. The fraction of sp³-hybridized carbons (Fsp3) is 0.318. The molecule has 30 heavy (non-hydrogen) atoms. The number of H-pyrrole nitrogens is 1. The van der Waals surface area contributed by atoms with Crippen molar-refractivity contribution in [1.82, 2.24) is 9.88 Å². The zero-order valence-electron chi connectivity index (χ0n) is 17.4. The number of aromatic amines is 1. The lowest BCUT2D eigenvalue weighted by Gasteiger charge is -2.27. The van der Waals surface area contributed by atoms with E-state index in [0.29, 0.717) is 22.6 Å². The number of aryl methyl sites for hydroxylation is 1. The van der Waals surface area contributed by atoms with Crippen LogP contribution in [0.3, 0.4) is 0 Å². The number of ketones is 1. The van der Waals surface area contributed by atoms with Crippen LogP contribution in [0.5, 0.6) is 0 Å². The second-order valence-electron chi connectivity index (χ2n) is 6.88. The fourth-order valence-corrected chi connectivity index (χ4v) is 3.37. The number of Topliss-reactive ketones (excluding diaryl/α,β-unsaturated/α-hetero) is 1. The standard InChI is InChI=1S/C22H24N2O6/c1-5-28-22(27)19-13(2)18(14(3)23-19)20(25)15(4)24(12-16-8-6-10-29-16)21(26)17-9-7-11-30-17/h6-11,15,23H,5,12H2,1-4H3. The van der Waals surface area contributed by atoms with Crippen LogP contribution >= 0.6 is 0 Å². The number of carbonyl (C=O) groups excluding carboxylic acids is 3. The van der Waals surface area contributed by atoms with Gasteiger partial charge in [0.05, 0.1) is 31.7 Å². The van der Waals surface area contributed by atoms with Gasteiger partial charge in [-0.1, -0.05) is 0 Å². The summed E-state index contributed by atoms with van der Waals surface area (Å²) in [6.07, 6.45) is 2.90. The summed E-state index contributed by atoms with van der Waals surface area (Å²) in [5, 5.41) is 0. The van der Waals surface area contributed by atoms with Crippen LogP contribution in [0.15, 0.2) is 45.6 Å². The molecule has 0 radical (unpaired) electrons. The Labute approximate surface area is 173 Å². The molecule has 0 spiro atoms. The van der Waals surface area contributed by atoms with E-state index in [1.165, 1.54) is 17.4 Å². The van der Waals surface area contributed by atoms with Crippen molar-refractivity contribution < 1.29 is 28.0 Å². The Morgan fingerprint density at radius 1 is 1.13 bits per heavy atom. The lowest BCUT2D eigenvalue weighted by atomic mass is 9.99. The molecule has 8 heteroatoms. The van der Waals surface area contributed by atoms with E-state index < -0.39 is 17.9 Å². The van der Waals surface area contributed by atoms with Crippen LogP contribution in [0.4, 0.5) is 0 Å². The zero-order valence-corrected chi connectivity index (χ0v) is 17.4. The van der Waals surface area contributed by atoms with Crippen molar-refractivity contribution in [2.24, 2.45) is 0 Å². The third-order valence-corrected chi connectivity index (χ3v) is 4.91. The highest BCUT2D eigenvalue weighted by atomic mass is 16.5. The Morgan fingerprint density at radius 2 is 1.83 bits per heavy atom. The molecule has 158 valence electrons. The normalized spacial score (nSPS) is 11.9. The zero-order chi connectivity index (χ0) is 21.8. The SMILES string of the molecule is CCOC(=O)c1[nH]c(C)c(C(=O)C(C)N(Cc2ccco2)C(=O)c2ccco2)c1C. The highest BCUT2D eigenvalue weighted by Gasteiger charge is 2.33. The smallest absolute Gasteiger partial charge is 0.355 e. The van der Waals surface area contributed by atoms with Gasteiger partial charge >= 0.3 is 5.97 Å². The number of amides is 1. The summed E-state index contributed by atoms with van der Waals surface area (Å²) < 4.78 is 15.7. The average Bonchev–Trinajstić information content (AvgIpc) is 3.47. The van der Waals surface area contributed by atoms with Gasteiger partial charge in [0.15, 0.2) is 11.5 Å². The van der Waals surface area contributed by atoms with Crippen molar-refractivity contribution in [2.45, 2.75) is 40.3 Å². The van der Waals surface area contributed by atoms with Crippen molar-refractivity contribution in [3.63, 3.8) is 0 Å². The number of hydrogen-bond donors (Lipinski definition) is 1. The summed E-state index contributed by atoms with van der Waals surface area (Å²) in [7, 11) is 0. The van der Waals surface area contributed by atoms with Crippen LogP contribution in [-0.4, -0.2) is 40.2 Å². The molecule has 3 aromatic heterocycles. The first kappa shape index (κ1) is 21.2. The largest absolute Gasteiger partial charge is 0.467 e. The highest BCUT2D eigenvalue weighted by molar-refractivity contribution is 6.07. The molecule has 0 aliphatic rings. The molecule has 1 unspecified atom stereocenters. The van der Waals surface area contributed by atoms with Gasteiger partial charge in [-0.15, -0.1) is 0 Å². The van der Waals surface area contributed by atoms with Gasteiger partial charge in [0.1, 0.15) is 11.5 Å². The molecular formula is C22H24N2O6.